The number of rotatable bonds is 10. The Bertz CT molecular complexity index is 1490. The van der Waals surface area contributed by atoms with Gasteiger partial charge in [-0.2, -0.15) is 0 Å². The Hall–Kier alpha value is -2.88. The summed E-state index contributed by atoms with van der Waals surface area (Å²) in [7, 11) is -4.14. The summed E-state index contributed by atoms with van der Waals surface area (Å²) >= 11 is 9.62. The molecule has 3 aromatic rings. The van der Waals surface area contributed by atoms with Crippen LogP contribution in [0.5, 0.6) is 0 Å². The van der Waals surface area contributed by atoms with Crippen LogP contribution in [0.25, 0.3) is 0 Å². The van der Waals surface area contributed by atoms with Crippen molar-refractivity contribution in [3.63, 3.8) is 0 Å². The summed E-state index contributed by atoms with van der Waals surface area (Å²) in [6.45, 7) is 4.96. The number of sulfonamides is 1. The van der Waals surface area contributed by atoms with Crippen LogP contribution in [0.1, 0.15) is 49.3 Å². The number of carbonyl (C=O) groups is 2. The maximum absolute atomic E-state index is 14.1. The number of anilines is 1. The highest BCUT2D eigenvalue weighted by molar-refractivity contribution is 9.10. The van der Waals surface area contributed by atoms with Gasteiger partial charge in [-0.15, -0.1) is 0 Å². The van der Waals surface area contributed by atoms with Gasteiger partial charge in [0.25, 0.3) is 10.0 Å². The lowest BCUT2D eigenvalue weighted by atomic mass is 10.1. The van der Waals surface area contributed by atoms with Gasteiger partial charge in [0.15, 0.2) is 0 Å². The van der Waals surface area contributed by atoms with E-state index in [1.54, 1.807) is 44.2 Å². The summed E-state index contributed by atoms with van der Waals surface area (Å²) in [6, 6.07) is 18.1. The van der Waals surface area contributed by atoms with Gasteiger partial charge >= 0.3 is 0 Å². The van der Waals surface area contributed by atoms with E-state index < -0.39 is 28.5 Å². The molecule has 0 radical (unpaired) electrons. The summed E-state index contributed by atoms with van der Waals surface area (Å²) in [4.78, 5) is 28.9. The van der Waals surface area contributed by atoms with Crippen molar-refractivity contribution in [2.75, 3.05) is 10.8 Å². The van der Waals surface area contributed by atoms with Gasteiger partial charge in [-0.25, -0.2) is 8.42 Å². The summed E-state index contributed by atoms with van der Waals surface area (Å²) in [6.07, 6.45) is 3.95. The maximum Gasteiger partial charge on any atom is 0.264 e. The normalized spacial score (nSPS) is 14.5. The van der Waals surface area contributed by atoms with E-state index in [-0.39, 0.29) is 23.4 Å². The van der Waals surface area contributed by atoms with Crippen LogP contribution in [-0.4, -0.2) is 43.8 Å². The zero-order valence-corrected chi connectivity index (χ0v) is 26.6. The van der Waals surface area contributed by atoms with Crippen LogP contribution < -0.4 is 9.62 Å². The lowest BCUT2D eigenvalue weighted by Gasteiger charge is -2.33. The van der Waals surface area contributed by atoms with Gasteiger partial charge in [0, 0.05) is 22.1 Å². The first kappa shape index (κ1) is 31.1. The second kappa shape index (κ2) is 13.4. The van der Waals surface area contributed by atoms with Crippen LogP contribution in [0.3, 0.4) is 0 Å². The van der Waals surface area contributed by atoms with Gasteiger partial charge in [0.05, 0.1) is 10.6 Å². The minimum atomic E-state index is -4.14. The summed E-state index contributed by atoms with van der Waals surface area (Å²) in [5.41, 5.74) is 2.68. The number of hydrogen-bond donors (Lipinski definition) is 1. The average molecular weight is 661 g/mol. The zero-order valence-electron chi connectivity index (χ0n) is 23.4. The topological polar surface area (TPSA) is 86.8 Å². The van der Waals surface area contributed by atoms with Crippen molar-refractivity contribution in [2.45, 2.75) is 70.0 Å². The van der Waals surface area contributed by atoms with Gasteiger partial charge in [-0.05, 0) is 87.2 Å². The molecule has 41 heavy (non-hydrogen) atoms. The highest BCUT2D eigenvalue weighted by Crippen LogP contribution is 2.30. The number of nitrogens with one attached hydrogen (secondary N) is 1. The highest BCUT2D eigenvalue weighted by atomic mass is 79.9. The quantitative estimate of drug-likeness (QED) is 0.273. The standard InChI is InChI=1S/C31H35BrClN3O4S/c1-21-8-15-28(16-9-21)41(39,40)36(29-17-14-26(33)18-22(29)2)20-30(37)35(19-24-10-12-25(32)13-11-24)23(3)31(38)34-27-6-4-5-7-27/h8-18,23,27H,4-7,19-20H2,1-3H3,(H,34,38)/t23-/m1/s1. The molecule has 0 spiro atoms. The van der Waals surface area contributed by atoms with Gasteiger partial charge in [-0.3, -0.25) is 13.9 Å². The molecule has 4 rings (SSSR count). The van der Waals surface area contributed by atoms with E-state index in [4.69, 9.17) is 11.6 Å². The predicted octanol–water partition coefficient (Wildman–Crippen LogP) is 6.39. The van der Waals surface area contributed by atoms with E-state index in [2.05, 4.69) is 21.2 Å². The molecule has 1 saturated carbocycles. The van der Waals surface area contributed by atoms with Crippen LogP contribution in [0.4, 0.5) is 5.69 Å². The molecule has 0 aromatic heterocycles. The molecule has 10 heteroatoms. The van der Waals surface area contributed by atoms with E-state index in [1.165, 1.54) is 17.0 Å². The largest absolute Gasteiger partial charge is 0.352 e. The average Bonchev–Trinajstić information content (AvgIpc) is 3.44. The Labute approximate surface area is 256 Å². The van der Waals surface area contributed by atoms with Crippen molar-refractivity contribution in [3.05, 3.63) is 92.9 Å². The summed E-state index contributed by atoms with van der Waals surface area (Å²) in [5.74, 6) is -0.745. The second-order valence-electron chi connectivity index (χ2n) is 10.6. The molecular formula is C31H35BrClN3O4S. The molecule has 1 N–H and O–H groups in total. The molecular weight excluding hydrogens is 626 g/mol. The first-order chi connectivity index (χ1) is 19.5. The Morgan fingerprint density at radius 1 is 1.00 bits per heavy atom. The minimum absolute atomic E-state index is 0.0664. The molecule has 0 unspecified atom stereocenters. The number of halogens is 2. The van der Waals surface area contributed by atoms with Crippen molar-refractivity contribution < 1.29 is 18.0 Å². The molecule has 3 aromatic carbocycles. The van der Waals surface area contributed by atoms with Gasteiger partial charge in [0.2, 0.25) is 11.8 Å². The van der Waals surface area contributed by atoms with E-state index >= 15 is 0 Å². The van der Waals surface area contributed by atoms with Crippen molar-refractivity contribution in [3.8, 4) is 0 Å². The van der Waals surface area contributed by atoms with Crippen molar-refractivity contribution in [2.24, 2.45) is 0 Å². The molecule has 0 heterocycles. The summed E-state index contributed by atoms with van der Waals surface area (Å²) < 4.78 is 30.0. The first-order valence-electron chi connectivity index (χ1n) is 13.7. The van der Waals surface area contributed by atoms with Crippen LogP contribution in [-0.2, 0) is 26.2 Å². The van der Waals surface area contributed by atoms with E-state index in [0.717, 1.165) is 45.6 Å². The Balaban J connectivity index is 1.70. The van der Waals surface area contributed by atoms with E-state index in [0.29, 0.717) is 16.3 Å². The molecule has 218 valence electrons. The monoisotopic (exact) mass is 659 g/mol. The lowest BCUT2D eigenvalue weighted by Crippen LogP contribution is -2.52. The number of hydrogen-bond acceptors (Lipinski definition) is 4. The maximum atomic E-state index is 14.1. The molecule has 0 saturated heterocycles. The highest BCUT2D eigenvalue weighted by Gasteiger charge is 2.34. The number of carbonyl (C=O) groups excluding carboxylic acids is 2. The number of benzene rings is 3. The zero-order chi connectivity index (χ0) is 29.7. The Morgan fingerprint density at radius 3 is 2.24 bits per heavy atom. The smallest absolute Gasteiger partial charge is 0.264 e. The predicted molar refractivity (Wildman–Crippen MR) is 166 cm³/mol. The van der Waals surface area contributed by atoms with Crippen molar-refractivity contribution >= 4 is 55.1 Å². The number of amides is 2. The van der Waals surface area contributed by atoms with E-state index in [9.17, 15) is 18.0 Å². The van der Waals surface area contributed by atoms with Crippen molar-refractivity contribution in [1.29, 1.82) is 0 Å². The third kappa shape index (κ3) is 7.70. The van der Waals surface area contributed by atoms with Crippen LogP contribution in [0.15, 0.2) is 76.1 Å². The molecule has 1 atom stereocenters. The van der Waals surface area contributed by atoms with Gasteiger partial charge < -0.3 is 10.2 Å². The fraction of sp³-hybridized carbons (Fsp3) is 0.355. The fourth-order valence-electron chi connectivity index (χ4n) is 5.01. The second-order valence-corrected chi connectivity index (χ2v) is 13.8. The molecule has 1 aliphatic carbocycles. The molecule has 7 nitrogen and oxygen atoms in total. The van der Waals surface area contributed by atoms with Crippen molar-refractivity contribution in [1.82, 2.24) is 10.2 Å². The number of nitrogens with zero attached hydrogens (tertiary/aromatic N) is 2. The SMILES string of the molecule is Cc1ccc(S(=O)(=O)N(CC(=O)N(Cc2ccc(Br)cc2)[C@H](C)C(=O)NC2CCCC2)c2ccc(Cl)cc2C)cc1. The summed E-state index contributed by atoms with van der Waals surface area (Å²) in [5, 5.41) is 3.54. The molecule has 0 aliphatic heterocycles. The molecule has 2 amide bonds. The Morgan fingerprint density at radius 2 is 1.63 bits per heavy atom. The minimum Gasteiger partial charge on any atom is -0.352 e. The molecule has 0 bridgehead atoms. The molecule has 1 fully saturated rings. The molecule has 1 aliphatic rings. The van der Waals surface area contributed by atoms with Crippen LogP contribution >= 0.6 is 27.5 Å². The lowest BCUT2D eigenvalue weighted by molar-refractivity contribution is -0.139. The van der Waals surface area contributed by atoms with E-state index in [1.807, 2.05) is 31.2 Å². The van der Waals surface area contributed by atoms with Gasteiger partial charge in [0.1, 0.15) is 12.6 Å². The number of aryl methyl sites for hydroxylation is 2. The third-order valence-corrected chi connectivity index (χ3v) is 9.99. The first-order valence-corrected chi connectivity index (χ1v) is 16.3. The fourth-order valence-corrected chi connectivity index (χ4v) is 6.98. The van der Waals surface area contributed by atoms with Gasteiger partial charge in [-0.1, -0.05) is 70.2 Å². The Kier molecular flexibility index (Phi) is 10.2. The van der Waals surface area contributed by atoms with Crippen LogP contribution in [0, 0.1) is 13.8 Å². The third-order valence-electron chi connectivity index (χ3n) is 7.45. The van der Waals surface area contributed by atoms with Crippen LogP contribution in [0.2, 0.25) is 5.02 Å².